The quantitative estimate of drug-likeness (QED) is 0.859. The molecule has 124 valence electrons. The van der Waals surface area contributed by atoms with Crippen molar-refractivity contribution < 1.29 is 4.79 Å². The summed E-state index contributed by atoms with van der Waals surface area (Å²) in [6.07, 6.45) is 3.21. The van der Waals surface area contributed by atoms with Gasteiger partial charge in [0.1, 0.15) is 0 Å². The normalized spacial score (nSPS) is 20.5. The minimum atomic E-state index is -0.0665. The molecule has 1 saturated heterocycles. The van der Waals surface area contributed by atoms with Crippen LogP contribution in [0.1, 0.15) is 44.6 Å². The number of rotatable bonds is 3. The molecule has 2 heterocycles. The van der Waals surface area contributed by atoms with Crippen LogP contribution in [0.5, 0.6) is 0 Å². The van der Waals surface area contributed by atoms with Crippen molar-refractivity contribution in [3.05, 3.63) is 35.9 Å². The summed E-state index contributed by atoms with van der Waals surface area (Å²) in [6.45, 7) is 7.89. The second-order valence-corrected chi connectivity index (χ2v) is 6.71. The number of carbonyl (C=O) groups excluding carboxylic acids is 1. The van der Waals surface area contributed by atoms with Gasteiger partial charge in [0.25, 0.3) is 0 Å². The summed E-state index contributed by atoms with van der Waals surface area (Å²) in [5.41, 5.74) is 1.11. The number of hydrogen-bond donors (Lipinski definition) is 0. The average Bonchev–Trinajstić information content (AvgIpc) is 3.07. The lowest BCUT2D eigenvalue weighted by atomic mass is 9.95. The molecule has 2 aliphatic rings. The zero-order valence-electron chi connectivity index (χ0n) is 14.2. The lowest BCUT2D eigenvalue weighted by molar-refractivity contribution is -0.129. The molecule has 3 rings (SSSR count). The Morgan fingerprint density at radius 2 is 1.91 bits per heavy atom. The van der Waals surface area contributed by atoms with E-state index in [1.54, 1.807) is 0 Å². The lowest BCUT2D eigenvalue weighted by Crippen LogP contribution is -2.49. The summed E-state index contributed by atoms with van der Waals surface area (Å²) in [5.74, 6) is 1.83. The maximum absolute atomic E-state index is 13.1. The van der Waals surface area contributed by atoms with Crippen LogP contribution in [-0.2, 0) is 4.79 Å². The Labute approximate surface area is 139 Å². The number of hydrogen-bond acceptors (Lipinski definition) is 3. The predicted octanol–water partition coefficient (Wildman–Crippen LogP) is 3.11. The second-order valence-electron chi connectivity index (χ2n) is 6.71. The molecule has 1 fully saturated rings. The van der Waals surface area contributed by atoms with Gasteiger partial charge >= 0.3 is 0 Å². The highest BCUT2D eigenvalue weighted by Crippen LogP contribution is 2.25. The van der Waals surface area contributed by atoms with Crippen LogP contribution in [0.25, 0.3) is 0 Å². The summed E-state index contributed by atoms with van der Waals surface area (Å²) in [4.78, 5) is 22.0. The van der Waals surface area contributed by atoms with Gasteiger partial charge in [0.2, 0.25) is 11.9 Å². The molecule has 0 spiro atoms. The van der Waals surface area contributed by atoms with Crippen LogP contribution in [0.3, 0.4) is 0 Å². The first kappa shape index (κ1) is 16.0. The van der Waals surface area contributed by atoms with Gasteiger partial charge in [-0.2, -0.15) is 0 Å². The van der Waals surface area contributed by atoms with Gasteiger partial charge in [-0.15, -0.1) is 0 Å². The van der Waals surface area contributed by atoms with Crippen LogP contribution < -0.4 is 0 Å². The van der Waals surface area contributed by atoms with Crippen LogP contribution >= 0.6 is 0 Å². The first-order chi connectivity index (χ1) is 11.2. The molecule has 4 heteroatoms. The molecule has 1 amide bonds. The van der Waals surface area contributed by atoms with Crippen molar-refractivity contribution in [2.75, 3.05) is 26.2 Å². The zero-order chi connectivity index (χ0) is 16.2. The Morgan fingerprint density at radius 3 is 2.57 bits per heavy atom. The molecule has 4 nitrogen and oxygen atoms in total. The molecule has 1 atom stereocenters. The summed E-state index contributed by atoms with van der Waals surface area (Å²) >= 11 is 0. The number of guanidine groups is 1. The molecule has 1 aromatic carbocycles. The Hall–Kier alpha value is -1.84. The molecule has 0 saturated carbocycles. The van der Waals surface area contributed by atoms with E-state index in [1.807, 2.05) is 23.1 Å². The molecule has 0 aliphatic carbocycles. The molecule has 0 N–H and O–H groups in total. The van der Waals surface area contributed by atoms with E-state index in [9.17, 15) is 4.79 Å². The second kappa shape index (κ2) is 7.16. The highest BCUT2D eigenvalue weighted by Gasteiger charge is 2.33. The molecule has 0 radical (unpaired) electrons. The Bertz CT molecular complexity index is 561. The number of carbonyl (C=O) groups is 1. The zero-order valence-corrected chi connectivity index (χ0v) is 14.2. The molecule has 2 aliphatic heterocycles. The van der Waals surface area contributed by atoms with Crippen molar-refractivity contribution in [2.24, 2.45) is 10.9 Å². The molecule has 23 heavy (non-hydrogen) atoms. The third-order valence-corrected chi connectivity index (χ3v) is 5.06. The molecular weight excluding hydrogens is 286 g/mol. The number of nitrogens with zero attached hydrogens (tertiary/aromatic N) is 3. The SMILES string of the molecule is CC[C@H](C(=O)N1CCN=C1N1CCC(C)CC1)c1ccccc1. The monoisotopic (exact) mass is 313 g/mol. The third kappa shape index (κ3) is 3.41. The third-order valence-electron chi connectivity index (χ3n) is 5.06. The Morgan fingerprint density at radius 1 is 1.22 bits per heavy atom. The van der Waals surface area contributed by atoms with Crippen molar-refractivity contribution >= 4 is 11.9 Å². The first-order valence-corrected chi connectivity index (χ1v) is 8.86. The molecule has 0 unspecified atom stereocenters. The molecule has 0 bridgehead atoms. The van der Waals surface area contributed by atoms with Gasteiger partial charge in [0, 0.05) is 19.6 Å². The number of piperidine rings is 1. The van der Waals surface area contributed by atoms with E-state index in [2.05, 4.69) is 35.9 Å². The van der Waals surface area contributed by atoms with E-state index in [1.165, 1.54) is 12.8 Å². The van der Waals surface area contributed by atoms with Gasteiger partial charge in [-0.3, -0.25) is 14.7 Å². The van der Waals surface area contributed by atoms with Crippen LogP contribution in [0.15, 0.2) is 35.3 Å². The number of likely N-dealkylation sites (tertiary alicyclic amines) is 1. The van der Waals surface area contributed by atoms with E-state index >= 15 is 0 Å². The lowest BCUT2D eigenvalue weighted by Gasteiger charge is -2.35. The van der Waals surface area contributed by atoms with Crippen LogP contribution in [0.4, 0.5) is 0 Å². The van der Waals surface area contributed by atoms with Crippen LogP contribution in [-0.4, -0.2) is 47.8 Å². The fourth-order valence-electron chi connectivity index (χ4n) is 3.55. The maximum atomic E-state index is 13.1. The van der Waals surface area contributed by atoms with Crippen LogP contribution in [0, 0.1) is 5.92 Å². The van der Waals surface area contributed by atoms with E-state index < -0.39 is 0 Å². The first-order valence-electron chi connectivity index (χ1n) is 8.86. The van der Waals surface area contributed by atoms with Crippen molar-refractivity contribution in [3.63, 3.8) is 0 Å². The summed E-state index contributed by atoms with van der Waals surface area (Å²) < 4.78 is 0. The van der Waals surface area contributed by atoms with Crippen molar-refractivity contribution in [2.45, 2.75) is 39.0 Å². The van der Waals surface area contributed by atoms with Gasteiger partial charge in [-0.1, -0.05) is 44.2 Å². The molecular formula is C19H27N3O. The molecule has 0 aromatic heterocycles. The summed E-state index contributed by atoms with van der Waals surface area (Å²) in [5, 5.41) is 0. The highest BCUT2D eigenvalue weighted by molar-refractivity contribution is 6.01. The fourth-order valence-corrected chi connectivity index (χ4v) is 3.55. The van der Waals surface area contributed by atoms with Gasteiger partial charge < -0.3 is 4.90 Å². The van der Waals surface area contributed by atoms with Crippen molar-refractivity contribution in [3.8, 4) is 0 Å². The Kier molecular flexibility index (Phi) is 4.99. The van der Waals surface area contributed by atoms with E-state index in [0.717, 1.165) is 50.0 Å². The van der Waals surface area contributed by atoms with Gasteiger partial charge in [-0.25, -0.2) is 0 Å². The maximum Gasteiger partial charge on any atom is 0.236 e. The van der Waals surface area contributed by atoms with Gasteiger partial charge in [0.15, 0.2) is 0 Å². The van der Waals surface area contributed by atoms with Gasteiger partial charge in [0.05, 0.1) is 12.5 Å². The smallest absolute Gasteiger partial charge is 0.236 e. The van der Waals surface area contributed by atoms with Crippen molar-refractivity contribution in [1.82, 2.24) is 9.80 Å². The van der Waals surface area contributed by atoms with E-state index in [4.69, 9.17) is 0 Å². The number of amides is 1. The minimum Gasteiger partial charge on any atom is -0.342 e. The van der Waals surface area contributed by atoms with E-state index in [-0.39, 0.29) is 11.8 Å². The predicted molar refractivity (Wildman–Crippen MR) is 93.5 cm³/mol. The molecule has 1 aromatic rings. The topological polar surface area (TPSA) is 35.9 Å². The number of aliphatic imine (C=N–C) groups is 1. The summed E-state index contributed by atoms with van der Waals surface area (Å²) in [7, 11) is 0. The number of benzene rings is 1. The standard InChI is InChI=1S/C19H27N3O/c1-3-17(16-7-5-4-6-8-16)18(23)22-14-11-20-19(22)21-12-9-15(2)10-13-21/h4-8,15,17H,3,9-14H2,1-2H3/t17-/m0/s1. The highest BCUT2D eigenvalue weighted by atomic mass is 16.2. The van der Waals surface area contributed by atoms with E-state index in [0.29, 0.717) is 0 Å². The summed E-state index contributed by atoms with van der Waals surface area (Å²) in [6, 6.07) is 10.1. The largest absolute Gasteiger partial charge is 0.342 e. The average molecular weight is 313 g/mol. The van der Waals surface area contributed by atoms with Crippen molar-refractivity contribution in [1.29, 1.82) is 0 Å². The Balaban J connectivity index is 1.74. The minimum absolute atomic E-state index is 0.0665. The van der Waals surface area contributed by atoms with Gasteiger partial charge in [-0.05, 0) is 30.7 Å². The van der Waals surface area contributed by atoms with Crippen LogP contribution in [0.2, 0.25) is 0 Å². The fraction of sp³-hybridized carbons (Fsp3) is 0.579.